The molecule has 120 valence electrons. The summed E-state index contributed by atoms with van der Waals surface area (Å²) in [4.78, 5) is 7.93. The fourth-order valence-corrected chi connectivity index (χ4v) is 2.01. The van der Waals surface area contributed by atoms with E-state index in [1.807, 2.05) is 6.07 Å². The van der Waals surface area contributed by atoms with E-state index in [9.17, 15) is 5.26 Å². The number of nitriles is 1. The molecule has 0 aliphatic rings. The van der Waals surface area contributed by atoms with Crippen LogP contribution in [0.2, 0.25) is 0 Å². The first-order valence-electron chi connectivity index (χ1n) is 7.10. The molecule has 0 radical (unpaired) electrons. The highest BCUT2D eigenvalue weighted by atomic mass is 16.5. The van der Waals surface area contributed by atoms with Crippen molar-refractivity contribution in [3.05, 3.63) is 23.8 Å². The van der Waals surface area contributed by atoms with Gasteiger partial charge in [-0.2, -0.15) is 10.2 Å². The van der Waals surface area contributed by atoms with Crippen LogP contribution < -0.4 is 20.9 Å². The molecule has 2 rings (SSSR count). The standard InChI is InChI=1S/C16H19N5O2/c1-9(2)8-23-12-5-4-10(6-13(12)22-3)14-11(7-17)15(18)21-16(19)20-14/h4-6,9H,8H2,1-3H3,(H4,18,19,20,21). The molecule has 0 aliphatic heterocycles. The molecule has 1 aromatic carbocycles. The molecular formula is C16H19N5O2. The summed E-state index contributed by atoms with van der Waals surface area (Å²) in [7, 11) is 1.55. The second-order valence-electron chi connectivity index (χ2n) is 5.37. The molecular weight excluding hydrogens is 294 g/mol. The SMILES string of the molecule is COc1cc(-c2nc(N)nc(N)c2C#N)ccc1OCC(C)C. The molecule has 2 aromatic rings. The Kier molecular flexibility index (Phi) is 4.86. The number of aromatic nitrogens is 2. The van der Waals surface area contributed by atoms with Gasteiger partial charge in [-0.15, -0.1) is 0 Å². The lowest BCUT2D eigenvalue weighted by Gasteiger charge is -2.14. The number of hydrogen-bond acceptors (Lipinski definition) is 7. The van der Waals surface area contributed by atoms with Crippen molar-refractivity contribution >= 4 is 11.8 Å². The van der Waals surface area contributed by atoms with Crippen LogP contribution in [0, 0.1) is 17.2 Å². The molecule has 4 N–H and O–H groups in total. The van der Waals surface area contributed by atoms with E-state index in [4.69, 9.17) is 20.9 Å². The summed E-state index contributed by atoms with van der Waals surface area (Å²) in [6, 6.07) is 7.29. The molecule has 0 fully saturated rings. The number of nitrogens with zero attached hydrogens (tertiary/aromatic N) is 3. The molecule has 0 unspecified atom stereocenters. The van der Waals surface area contributed by atoms with Gasteiger partial charge in [0.25, 0.3) is 0 Å². The number of nitrogens with two attached hydrogens (primary N) is 2. The monoisotopic (exact) mass is 313 g/mol. The molecule has 1 heterocycles. The van der Waals surface area contributed by atoms with Crippen molar-refractivity contribution in [3.8, 4) is 28.8 Å². The number of ether oxygens (including phenoxy) is 2. The van der Waals surface area contributed by atoms with Crippen molar-refractivity contribution < 1.29 is 9.47 Å². The Bertz CT molecular complexity index is 753. The molecule has 0 saturated heterocycles. The molecule has 0 aliphatic carbocycles. The van der Waals surface area contributed by atoms with Gasteiger partial charge in [0, 0.05) is 5.56 Å². The molecule has 0 saturated carbocycles. The first kappa shape index (κ1) is 16.4. The Balaban J connectivity index is 2.48. The quantitative estimate of drug-likeness (QED) is 0.868. The second-order valence-corrected chi connectivity index (χ2v) is 5.37. The molecule has 0 spiro atoms. The zero-order valence-electron chi connectivity index (χ0n) is 13.3. The highest BCUT2D eigenvalue weighted by Crippen LogP contribution is 2.34. The summed E-state index contributed by atoms with van der Waals surface area (Å²) < 4.78 is 11.1. The van der Waals surface area contributed by atoms with Gasteiger partial charge in [0.05, 0.1) is 19.4 Å². The van der Waals surface area contributed by atoms with Crippen molar-refractivity contribution in [1.29, 1.82) is 5.26 Å². The van der Waals surface area contributed by atoms with Crippen LogP contribution in [-0.2, 0) is 0 Å². The van der Waals surface area contributed by atoms with Gasteiger partial charge in [0.1, 0.15) is 17.5 Å². The summed E-state index contributed by atoms with van der Waals surface area (Å²) in [5.74, 6) is 1.62. The average molecular weight is 313 g/mol. The third-order valence-corrected chi connectivity index (χ3v) is 3.08. The fourth-order valence-electron chi connectivity index (χ4n) is 2.01. The molecule has 0 bridgehead atoms. The van der Waals surface area contributed by atoms with E-state index < -0.39 is 0 Å². The fraction of sp³-hybridized carbons (Fsp3) is 0.312. The summed E-state index contributed by atoms with van der Waals surface area (Å²) in [6.07, 6.45) is 0. The largest absolute Gasteiger partial charge is 0.493 e. The Morgan fingerprint density at radius 1 is 1.22 bits per heavy atom. The van der Waals surface area contributed by atoms with Crippen molar-refractivity contribution in [2.75, 3.05) is 25.2 Å². The van der Waals surface area contributed by atoms with Crippen molar-refractivity contribution in [1.82, 2.24) is 9.97 Å². The van der Waals surface area contributed by atoms with Crippen molar-refractivity contribution in [3.63, 3.8) is 0 Å². The minimum Gasteiger partial charge on any atom is -0.493 e. The average Bonchev–Trinajstić information content (AvgIpc) is 2.52. The van der Waals surface area contributed by atoms with Gasteiger partial charge in [0.15, 0.2) is 11.5 Å². The maximum absolute atomic E-state index is 9.27. The van der Waals surface area contributed by atoms with Gasteiger partial charge in [-0.1, -0.05) is 13.8 Å². The first-order chi connectivity index (χ1) is 11.0. The Morgan fingerprint density at radius 3 is 2.57 bits per heavy atom. The van der Waals surface area contributed by atoms with Crippen LogP contribution in [0.1, 0.15) is 19.4 Å². The maximum atomic E-state index is 9.27. The van der Waals surface area contributed by atoms with E-state index in [1.54, 1.807) is 25.3 Å². The predicted octanol–water partition coefficient (Wildman–Crippen LogP) is 2.22. The predicted molar refractivity (Wildman–Crippen MR) is 87.9 cm³/mol. The number of rotatable bonds is 5. The van der Waals surface area contributed by atoms with Crippen LogP contribution in [0.4, 0.5) is 11.8 Å². The maximum Gasteiger partial charge on any atom is 0.222 e. The lowest BCUT2D eigenvalue weighted by Crippen LogP contribution is -2.06. The lowest BCUT2D eigenvalue weighted by atomic mass is 10.1. The molecule has 0 amide bonds. The Labute approximate surface area is 134 Å². The van der Waals surface area contributed by atoms with Crippen LogP contribution in [0.25, 0.3) is 11.3 Å². The zero-order chi connectivity index (χ0) is 17.0. The van der Waals surface area contributed by atoms with Gasteiger partial charge in [-0.05, 0) is 24.1 Å². The molecule has 7 nitrogen and oxygen atoms in total. The molecule has 23 heavy (non-hydrogen) atoms. The van der Waals surface area contributed by atoms with Crippen LogP contribution >= 0.6 is 0 Å². The van der Waals surface area contributed by atoms with E-state index in [1.165, 1.54) is 0 Å². The van der Waals surface area contributed by atoms with E-state index in [0.29, 0.717) is 35.3 Å². The van der Waals surface area contributed by atoms with Crippen LogP contribution in [0.3, 0.4) is 0 Å². The summed E-state index contributed by atoms with van der Waals surface area (Å²) in [5, 5.41) is 9.27. The highest BCUT2D eigenvalue weighted by molar-refractivity contribution is 5.74. The van der Waals surface area contributed by atoms with Gasteiger partial charge in [-0.25, -0.2) is 4.98 Å². The number of benzene rings is 1. The molecule has 0 atom stereocenters. The van der Waals surface area contributed by atoms with Gasteiger partial charge in [-0.3, -0.25) is 0 Å². The van der Waals surface area contributed by atoms with Crippen molar-refractivity contribution in [2.45, 2.75) is 13.8 Å². The zero-order valence-corrected chi connectivity index (χ0v) is 13.3. The second kappa shape index (κ2) is 6.83. The number of methoxy groups -OCH3 is 1. The minimum absolute atomic E-state index is 0.00982. The summed E-state index contributed by atoms with van der Waals surface area (Å²) in [5.41, 5.74) is 12.6. The third-order valence-electron chi connectivity index (χ3n) is 3.08. The van der Waals surface area contributed by atoms with Crippen molar-refractivity contribution in [2.24, 2.45) is 5.92 Å². The van der Waals surface area contributed by atoms with E-state index in [2.05, 4.69) is 23.8 Å². The summed E-state index contributed by atoms with van der Waals surface area (Å²) in [6.45, 7) is 4.70. The third kappa shape index (κ3) is 3.61. The van der Waals surface area contributed by atoms with Gasteiger partial charge in [0.2, 0.25) is 5.95 Å². The van der Waals surface area contributed by atoms with Gasteiger partial charge < -0.3 is 20.9 Å². The molecule has 1 aromatic heterocycles. The van der Waals surface area contributed by atoms with Crippen LogP contribution in [-0.4, -0.2) is 23.7 Å². The van der Waals surface area contributed by atoms with Gasteiger partial charge >= 0.3 is 0 Å². The van der Waals surface area contributed by atoms with Crippen LogP contribution in [0.5, 0.6) is 11.5 Å². The lowest BCUT2D eigenvalue weighted by molar-refractivity contribution is 0.257. The number of hydrogen-bond donors (Lipinski definition) is 2. The highest BCUT2D eigenvalue weighted by Gasteiger charge is 2.15. The molecule has 7 heteroatoms. The van der Waals surface area contributed by atoms with E-state index in [-0.39, 0.29) is 17.3 Å². The number of nitrogen functional groups attached to an aromatic ring is 2. The minimum atomic E-state index is 0.00982. The number of anilines is 2. The first-order valence-corrected chi connectivity index (χ1v) is 7.10. The normalized spacial score (nSPS) is 10.4. The Hall–Kier alpha value is -3.01. The Morgan fingerprint density at radius 2 is 1.96 bits per heavy atom. The van der Waals surface area contributed by atoms with E-state index >= 15 is 0 Å². The smallest absolute Gasteiger partial charge is 0.222 e. The van der Waals surface area contributed by atoms with E-state index in [0.717, 1.165) is 0 Å². The summed E-state index contributed by atoms with van der Waals surface area (Å²) >= 11 is 0. The van der Waals surface area contributed by atoms with Crippen LogP contribution in [0.15, 0.2) is 18.2 Å². The topological polar surface area (TPSA) is 120 Å².